The molecular weight excluding hydrogens is 432 g/mol. The van der Waals surface area contributed by atoms with E-state index >= 15 is 0 Å². The van der Waals surface area contributed by atoms with Gasteiger partial charge in [-0.15, -0.1) is 0 Å². The number of rotatable bonds is 5. The molecule has 0 bridgehead atoms. The highest BCUT2D eigenvalue weighted by molar-refractivity contribution is 9.10. The fourth-order valence-corrected chi connectivity index (χ4v) is 3.83. The summed E-state index contributed by atoms with van der Waals surface area (Å²) < 4.78 is 0.707. The van der Waals surface area contributed by atoms with Gasteiger partial charge in [-0.3, -0.25) is 24.2 Å². The van der Waals surface area contributed by atoms with Gasteiger partial charge in [0.2, 0.25) is 5.91 Å². The van der Waals surface area contributed by atoms with Gasteiger partial charge in [-0.05, 0) is 45.8 Å². The van der Waals surface area contributed by atoms with Crippen LogP contribution in [0.3, 0.4) is 0 Å². The van der Waals surface area contributed by atoms with E-state index in [4.69, 9.17) is 0 Å². The highest BCUT2D eigenvalue weighted by atomic mass is 79.9. The Bertz CT molecular complexity index is 1060. The van der Waals surface area contributed by atoms with E-state index in [1.807, 2.05) is 48.5 Å². The van der Waals surface area contributed by atoms with E-state index < -0.39 is 11.8 Å². The zero-order valence-corrected chi connectivity index (χ0v) is 17.0. The highest BCUT2D eigenvalue weighted by Gasteiger charge is 2.37. The molecule has 0 saturated heterocycles. The van der Waals surface area contributed by atoms with E-state index in [2.05, 4.69) is 15.9 Å². The lowest BCUT2D eigenvalue weighted by molar-refractivity contribution is -0.118. The molecule has 3 aromatic rings. The van der Waals surface area contributed by atoms with Crippen LogP contribution in [0, 0.1) is 0 Å². The Balaban J connectivity index is 1.67. The first-order chi connectivity index (χ1) is 14.1. The summed E-state index contributed by atoms with van der Waals surface area (Å²) in [6.07, 6.45) is 0.158. The van der Waals surface area contributed by atoms with E-state index in [0.29, 0.717) is 21.3 Å². The molecule has 5 nitrogen and oxygen atoms in total. The number of carbonyl (C=O) groups is 3. The maximum absolute atomic E-state index is 13.2. The van der Waals surface area contributed by atoms with Crippen LogP contribution in [0.4, 0.5) is 5.69 Å². The number of hydrogen-bond donors (Lipinski definition) is 0. The summed E-state index contributed by atoms with van der Waals surface area (Å²) in [5.74, 6) is -0.995. The third-order valence-electron chi connectivity index (χ3n) is 4.80. The number of fused-ring (bicyclic) bond motifs is 1. The normalized spacial score (nSPS) is 12.8. The van der Waals surface area contributed by atoms with Crippen molar-refractivity contribution >= 4 is 39.3 Å². The van der Waals surface area contributed by atoms with Crippen LogP contribution in [-0.4, -0.2) is 29.3 Å². The van der Waals surface area contributed by atoms with Crippen LogP contribution in [0.5, 0.6) is 0 Å². The van der Waals surface area contributed by atoms with Gasteiger partial charge in [0.1, 0.15) is 6.67 Å². The third kappa shape index (κ3) is 3.71. The lowest BCUT2D eigenvalue weighted by atomic mass is 10.1. The fraction of sp³-hybridized carbons (Fsp3) is 0.0870. The van der Waals surface area contributed by atoms with Crippen molar-refractivity contribution in [2.45, 2.75) is 6.42 Å². The summed E-state index contributed by atoms with van der Waals surface area (Å²) in [7, 11) is 0. The van der Waals surface area contributed by atoms with Gasteiger partial charge in [-0.2, -0.15) is 0 Å². The molecule has 0 saturated carbocycles. The summed E-state index contributed by atoms with van der Waals surface area (Å²) >= 11 is 3.48. The first kappa shape index (κ1) is 19.1. The summed E-state index contributed by atoms with van der Waals surface area (Å²) in [5, 5.41) is 0. The molecule has 0 atom stereocenters. The van der Waals surface area contributed by atoms with Crippen molar-refractivity contribution in [3.8, 4) is 0 Å². The fourth-order valence-electron chi connectivity index (χ4n) is 3.33. The van der Waals surface area contributed by atoms with E-state index in [1.54, 1.807) is 30.3 Å². The van der Waals surface area contributed by atoms with Gasteiger partial charge in [0.05, 0.1) is 23.2 Å². The minimum Gasteiger partial charge on any atom is -0.292 e. The van der Waals surface area contributed by atoms with Crippen LogP contribution in [0.1, 0.15) is 26.3 Å². The van der Waals surface area contributed by atoms with Crippen molar-refractivity contribution in [1.29, 1.82) is 0 Å². The molecule has 1 aliphatic heterocycles. The molecule has 0 radical (unpaired) electrons. The number of halogens is 1. The number of amides is 3. The topological polar surface area (TPSA) is 57.7 Å². The summed E-state index contributed by atoms with van der Waals surface area (Å²) in [6.45, 7) is -0.152. The molecule has 6 heteroatoms. The number of carbonyl (C=O) groups excluding carboxylic acids is 3. The maximum Gasteiger partial charge on any atom is 0.263 e. The number of anilines is 1. The van der Waals surface area contributed by atoms with Gasteiger partial charge in [0.25, 0.3) is 11.8 Å². The standard InChI is InChI=1S/C23H17BrN2O3/c24-19-12-6-7-13-20(19)25(21(27)14-16-8-2-1-3-9-16)15-26-22(28)17-10-4-5-11-18(17)23(26)29/h1-13H,14-15H2. The lowest BCUT2D eigenvalue weighted by Gasteiger charge is -2.28. The van der Waals surface area contributed by atoms with Gasteiger partial charge in [-0.1, -0.05) is 54.6 Å². The molecule has 3 amide bonds. The van der Waals surface area contributed by atoms with Gasteiger partial charge < -0.3 is 0 Å². The molecule has 0 spiro atoms. The van der Waals surface area contributed by atoms with Crippen LogP contribution in [-0.2, 0) is 11.2 Å². The van der Waals surface area contributed by atoms with Crippen molar-refractivity contribution in [3.05, 3.63) is 100 Å². The van der Waals surface area contributed by atoms with Crippen LogP contribution in [0.25, 0.3) is 0 Å². The molecule has 4 rings (SSSR count). The average molecular weight is 449 g/mol. The second kappa shape index (κ2) is 8.01. The molecule has 0 unspecified atom stereocenters. The Morgan fingerprint density at radius 3 is 1.97 bits per heavy atom. The van der Waals surface area contributed by atoms with Crippen molar-refractivity contribution in [1.82, 2.24) is 4.90 Å². The number of para-hydroxylation sites is 1. The first-order valence-corrected chi connectivity index (χ1v) is 9.89. The van der Waals surface area contributed by atoms with E-state index in [0.717, 1.165) is 10.5 Å². The monoisotopic (exact) mass is 448 g/mol. The molecule has 3 aromatic carbocycles. The predicted octanol–water partition coefficient (Wildman–Crippen LogP) is 4.28. The number of imide groups is 1. The van der Waals surface area contributed by atoms with E-state index in [1.165, 1.54) is 4.90 Å². The Kier molecular flexibility index (Phi) is 5.27. The zero-order chi connectivity index (χ0) is 20.4. The molecule has 0 N–H and O–H groups in total. The van der Waals surface area contributed by atoms with Crippen molar-refractivity contribution in [2.24, 2.45) is 0 Å². The number of benzene rings is 3. The van der Waals surface area contributed by atoms with Crippen LogP contribution in [0.2, 0.25) is 0 Å². The predicted molar refractivity (Wildman–Crippen MR) is 114 cm³/mol. The third-order valence-corrected chi connectivity index (χ3v) is 5.47. The minimum absolute atomic E-state index is 0.152. The summed E-state index contributed by atoms with van der Waals surface area (Å²) in [5.41, 5.74) is 2.18. The van der Waals surface area contributed by atoms with Crippen molar-refractivity contribution in [3.63, 3.8) is 0 Å². The van der Waals surface area contributed by atoms with Crippen molar-refractivity contribution in [2.75, 3.05) is 11.6 Å². The molecule has 0 aromatic heterocycles. The Morgan fingerprint density at radius 1 is 0.793 bits per heavy atom. The average Bonchev–Trinajstić information content (AvgIpc) is 2.98. The van der Waals surface area contributed by atoms with Crippen LogP contribution < -0.4 is 4.90 Å². The molecule has 1 aliphatic rings. The van der Waals surface area contributed by atoms with E-state index in [9.17, 15) is 14.4 Å². The van der Waals surface area contributed by atoms with Gasteiger partial charge in [0.15, 0.2) is 0 Å². The Morgan fingerprint density at radius 2 is 1.34 bits per heavy atom. The molecule has 0 aliphatic carbocycles. The van der Waals surface area contributed by atoms with Gasteiger partial charge in [0, 0.05) is 4.47 Å². The Hall–Kier alpha value is -3.25. The maximum atomic E-state index is 13.2. The minimum atomic E-state index is -0.393. The second-order valence-corrected chi connectivity index (χ2v) is 7.52. The smallest absolute Gasteiger partial charge is 0.263 e. The molecule has 29 heavy (non-hydrogen) atoms. The SMILES string of the molecule is O=C1c2ccccc2C(=O)N1CN(C(=O)Cc1ccccc1)c1ccccc1Br. The van der Waals surface area contributed by atoms with Gasteiger partial charge in [-0.25, -0.2) is 0 Å². The molecular formula is C23H17BrN2O3. The highest BCUT2D eigenvalue weighted by Crippen LogP contribution is 2.29. The molecule has 0 fully saturated rings. The quantitative estimate of drug-likeness (QED) is 0.547. The van der Waals surface area contributed by atoms with Crippen molar-refractivity contribution < 1.29 is 14.4 Å². The van der Waals surface area contributed by atoms with Crippen LogP contribution in [0.15, 0.2) is 83.3 Å². The van der Waals surface area contributed by atoms with E-state index in [-0.39, 0.29) is 19.0 Å². The second-order valence-electron chi connectivity index (χ2n) is 6.66. The van der Waals surface area contributed by atoms with Gasteiger partial charge >= 0.3 is 0 Å². The lowest BCUT2D eigenvalue weighted by Crippen LogP contribution is -2.45. The molecule has 1 heterocycles. The summed E-state index contributed by atoms with van der Waals surface area (Å²) in [6, 6.07) is 23.3. The van der Waals surface area contributed by atoms with Crippen LogP contribution >= 0.6 is 15.9 Å². The number of hydrogen-bond acceptors (Lipinski definition) is 3. The number of nitrogens with zero attached hydrogens (tertiary/aromatic N) is 2. The zero-order valence-electron chi connectivity index (χ0n) is 15.4. The first-order valence-electron chi connectivity index (χ1n) is 9.10. The Labute approximate surface area is 176 Å². The molecule has 144 valence electrons. The largest absolute Gasteiger partial charge is 0.292 e. The summed E-state index contributed by atoms with van der Waals surface area (Å²) in [4.78, 5) is 41.4.